The maximum atomic E-state index is 6.14. The van der Waals surface area contributed by atoms with E-state index in [1.54, 1.807) is 24.3 Å². The molecule has 6 heteroatoms. The van der Waals surface area contributed by atoms with Gasteiger partial charge in [-0.05, 0) is 36.4 Å². The molecule has 1 unspecified atom stereocenters. The summed E-state index contributed by atoms with van der Waals surface area (Å²) in [6, 6.07) is 8.03. The van der Waals surface area contributed by atoms with Crippen LogP contribution in [0.5, 0.6) is 0 Å². The minimum absolute atomic E-state index is 0.134. The van der Waals surface area contributed by atoms with Crippen molar-refractivity contribution in [1.29, 1.82) is 0 Å². The zero-order chi connectivity index (χ0) is 14.7. The molecule has 0 spiro atoms. The quantitative estimate of drug-likeness (QED) is 0.733. The average molecular weight is 299 g/mol. The monoisotopic (exact) mass is 299 g/mol. The van der Waals surface area contributed by atoms with Gasteiger partial charge in [0.05, 0.1) is 5.69 Å². The first-order valence-corrected chi connectivity index (χ1v) is 7.75. The van der Waals surface area contributed by atoms with Crippen LogP contribution < -0.4 is 5.73 Å². The van der Waals surface area contributed by atoms with Crippen LogP contribution in [0.3, 0.4) is 0 Å². The molecule has 1 atom stereocenters. The topological polar surface area (TPSA) is 69.1 Å². The Balaban J connectivity index is 2.02. The number of imidazole rings is 1. The largest absolute Gasteiger partial charge is 0.327 e. The van der Waals surface area contributed by atoms with Crippen molar-refractivity contribution in [2.45, 2.75) is 35.9 Å². The Morgan fingerprint density at radius 3 is 3.00 bits per heavy atom. The van der Waals surface area contributed by atoms with Gasteiger partial charge in [0.15, 0.2) is 0 Å². The maximum absolute atomic E-state index is 6.14. The molecule has 0 aliphatic carbocycles. The van der Waals surface area contributed by atoms with E-state index in [1.165, 1.54) is 0 Å². The Labute approximate surface area is 127 Å². The zero-order valence-electron chi connectivity index (χ0n) is 11.8. The van der Waals surface area contributed by atoms with Crippen LogP contribution in [-0.2, 0) is 6.42 Å². The third kappa shape index (κ3) is 3.06. The first-order chi connectivity index (χ1) is 10.3. The van der Waals surface area contributed by atoms with E-state index < -0.39 is 0 Å². The Morgan fingerprint density at radius 2 is 2.24 bits per heavy atom. The van der Waals surface area contributed by atoms with Crippen LogP contribution in [0, 0.1) is 0 Å². The molecule has 0 fully saturated rings. The van der Waals surface area contributed by atoms with Crippen LogP contribution in [0.25, 0.3) is 5.65 Å². The smallest absolute Gasteiger partial charge is 0.138 e. The van der Waals surface area contributed by atoms with E-state index in [1.807, 2.05) is 30.5 Å². The van der Waals surface area contributed by atoms with Gasteiger partial charge in [0, 0.05) is 24.9 Å². The van der Waals surface area contributed by atoms with E-state index in [0.29, 0.717) is 0 Å². The van der Waals surface area contributed by atoms with Gasteiger partial charge < -0.3 is 10.1 Å². The molecule has 3 aromatic rings. The van der Waals surface area contributed by atoms with Crippen molar-refractivity contribution in [3.63, 3.8) is 0 Å². The summed E-state index contributed by atoms with van der Waals surface area (Å²) in [6.45, 7) is 2.10. The van der Waals surface area contributed by atoms with Crippen LogP contribution in [0.4, 0.5) is 0 Å². The first-order valence-electron chi connectivity index (χ1n) is 6.93. The highest BCUT2D eigenvalue weighted by molar-refractivity contribution is 7.99. The summed E-state index contributed by atoms with van der Waals surface area (Å²) in [5, 5.41) is 1.85. The van der Waals surface area contributed by atoms with Crippen LogP contribution in [0.15, 0.2) is 53.0 Å². The summed E-state index contributed by atoms with van der Waals surface area (Å²) in [6.07, 6.45) is 7.06. The lowest BCUT2D eigenvalue weighted by atomic mass is 10.1. The van der Waals surface area contributed by atoms with Gasteiger partial charge in [-0.15, -0.1) is 0 Å². The molecule has 0 amide bonds. The number of pyridine rings is 1. The van der Waals surface area contributed by atoms with Gasteiger partial charge in [0.2, 0.25) is 0 Å². The Morgan fingerprint density at radius 1 is 1.33 bits per heavy atom. The zero-order valence-corrected chi connectivity index (χ0v) is 12.6. The molecule has 0 bridgehead atoms. The highest BCUT2D eigenvalue weighted by atomic mass is 32.2. The normalized spacial score (nSPS) is 12.7. The molecule has 5 nitrogen and oxygen atoms in total. The van der Waals surface area contributed by atoms with E-state index in [2.05, 4.69) is 21.3 Å². The van der Waals surface area contributed by atoms with E-state index in [9.17, 15) is 0 Å². The van der Waals surface area contributed by atoms with Gasteiger partial charge in [-0.25, -0.2) is 15.0 Å². The Kier molecular flexibility index (Phi) is 4.17. The second-order valence-corrected chi connectivity index (χ2v) is 5.82. The number of nitrogens with two attached hydrogens (primary N) is 1. The molecule has 2 N–H and O–H groups in total. The van der Waals surface area contributed by atoms with Gasteiger partial charge in [-0.2, -0.15) is 0 Å². The van der Waals surface area contributed by atoms with Crippen molar-refractivity contribution in [2.24, 2.45) is 5.73 Å². The first kappa shape index (κ1) is 14.0. The summed E-state index contributed by atoms with van der Waals surface area (Å²) in [4.78, 5) is 12.9. The molecular formula is C15H17N5S. The van der Waals surface area contributed by atoms with Crippen molar-refractivity contribution in [3.05, 3.63) is 48.7 Å². The molecule has 21 heavy (non-hydrogen) atoms. The summed E-state index contributed by atoms with van der Waals surface area (Å²) < 4.78 is 2.11. The molecule has 3 heterocycles. The molecule has 3 aromatic heterocycles. The molecule has 0 aliphatic heterocycles. The fraction of sp³-hybridized carbons (Fsp3) is 0.267. The van der Waals surface area contributed by atoms with Crippen molar-refractivity contribution in [1.82, 2.24) is 19.4 Å². The van der Waals surface area contributed by atoms with Crippen molar-refractivity contribution < 1.29 is 0 Å². The SMILES string of the molecule is CCC(N)Cc1c(Sc2ccncn2)nc2ccccn12. The predicted octanol–water partition coefficient (Wildman–Crippen LogP) is 2.56. The molecule has 0 saturated heterocycles. The fourth-order valence-corrected chi connectivity index (χ4v) is 2.99. The summed E-state index contributed by atoms with van der Waals surface area (Å²) in [5.74, 6) is 0. The number of nitrogens with zero attached hydrogens (tertiary/aromatic N) is 4. The van der Waals surface area contributed by atoms with Gasteiger partial charge in [-0.1, -0.05) is 13.0 Å². The number of hydrogen-bond donors (Lipinski definition) is 1. The average Bonchev–Trinajstić information content (AvgIpc) is 2.86. The minimum atomic E-state index is 0.134. The Bertz CT molecular complexity index is 725. The third-order valence-corrected chi connectivity index (χ3v) is 4.30. The van der Waals surface area contributed by atoms with Crippen LogP contribution in [-0.4, -0.2) is 25.4 Å². The fourth-order valence-electron chi connectivity index (χ4n) is 2.12. The molecule has 0 saturated carbocycles. The van der Waals surface area contributed by atoms with Gasteiger partial charge in [0.25, 0.3) is 0 Å². The molecule has 108 valence electrons. The second-order valence-electron chi connectivity index (χ2n) is 4.81. The molecular weight excluding hydrogens is 282 g/mol. The third-order valence-electron chi connectivity index (χ3n) is 3.33. The Hall–Kier alpha value is -1.92. The number of rotatable bonds is 5. The molecule has 0 aliphatic rings. The number of fused-ring (bicyclic) bond motifs is 1. The summed E-state index contributed by atoms with van der Waals surface area (Å²) >= 11 is 1.55. The number of hydrogen-bond acceptors (Lipinski definition) is 5. The van der Waals surface area contributed by atoms with E-state index in [4.69, 9.17) is 10.7 Å². The highest BCUT2D eigenvalue weighted by Crippen LogP contribution is 2.29. The van der Waals surface area contributed by atoms with Crippen molar-refractivity contribution >= 4 is 17.4 Å². The summed E-state index contributed by atoms with van der Waals surface area (Å²) in [7, 11) is 0. The van der Waals surface area contributed by atoms with Gasteiger partial charge in [0.1, 0.15) is 22.0 Å². The maximum Gasteiger partial charge on any atom is 0.138 e. The van der Waals surface area contributed by atoms with Crippen LogP contribution in [0.1, 0.15) is 19.0 Å². The lowest BCUT2D eigenvalue weighted by molar-refractivity contribution is 0.627. The van der Waals surface area contributed by atoms with Crippen LogP contribution in [0.2, 0.25) is 0 Å². The highest BCUT2D eigenvalue weighted by Gasteiger charge is 2.16. The molecule has 0 radical (unpaired) electrons. The lowest BCUT2D eigenvalue weighted by Crippen LogP contribution is -2.22. The van der Waals surface area contributed by atoms with E-state index in [0.717, 1.165) is 34.2 Å². The van der Waals surface area contributed by atoms with Crippen molar-refractivity contribution in [2.75, 3.05) is 0 Å². The summed E-state index contributed by atoms with van der Waals surface area (Å²) in [5.41, 5.74) is 8.22. The van der Waals surface area contributed by atoms with Gasteiger partial charge >= 0.3 is 0 Å². The number of aromatic nitrogens is 4. The molecule has 3 rings (SSSR count). The molecule has 0 aromatic carbocycles. The lowest BCUT2D eigenvalue weighted by Gasteiger charge is -2.10. The van der Waals surface area contributed by atoms with E-state index >= 15 is 0 Å². The van der Waals surface area contributed by atoms with Crippen molar-refractivity contribution in [3.8, 4) is 0 Å². The standard InChI is InChI=1S/C15H17N5S/c1-2-11(16)9-12-15(21-14-6-7-17-10-18-14)19-13-5-3-4-8-20(12)13/h3-8,10-11H,2,9,16H2,1H3. The van der Waals surface area contributed by atoms with Crippen LogP contribution >= 0.6 is 11.8 Å². The predicted molar refractivity (Wildman–Crippen MR) is 83.3 cm³/mol. The van der Waals surface area contributed by atoms with Gasteiger partial charge in [-0.3, -0.25) is 0 Å². The second kappa shape index (κ2) is 6.24. The van der Waals surface area contributed by atoms with E-state index in [-0.39, 0.29) is 6.04 Å². The minimum Gasteiger partial charge on any atom is -0.327 e.